The number of carbonyl (C=O) groups is 3. The van der Waals surface area contributed by atoms with Crippen molar-refractivity contribution in [3.05, 3.63) is 30.1 Å². The van der Waals surface area contributed by atoms with Gasteiger partial charge in [0.1, 0.15) is 0 Å². The van der Waals surface area contributed by atoms with Crippen LogP contribution in [0.4, 0.5) is 0 Å². The lowest BCUT2D eigenvalue weighted by Crippen LogP contribution is -2.41. The third-order valence-corrected chi connectivity index (χ3v) is 5.67. The standard InChI is InChI=1S/C19H24N4O3/c24-17-5-3-8-23(17)16-6-9-21(13-16)19(26)14-10-18(25)22(11-14)12-15-4-1-2-7-20-15/h1-2,4,7,14,16H,3,5-6,8-13H2/t14-,16-/m1/s1. The van der Waals surface area contributed by atoms with Crippen LogP contribution in [0.5, 0.6) is 0 Å². The van der Waals surface area contributed by atoms with Crippen LogP contribution in [-0.4, -0.2) is 69.6 Å². The molecule has 0 aliphatic carbocycles. The first-order chi connectivity index (χ1) is 12.6. The van der Waals surface area contributed by atoms with Crippen molar-refractivity contribution in [2.24, 2.45) is 5.92 Å². The summed E-state index contributed by atoms with van der Waals surface area (Å²) >= 11 is 0. The molecule has 3 fully saturated rings. The largest absolute Gasteiger partial charge is 0.340 e. The first kappa shape index (κ1) is 17.0. The molecular formula is C19H24N4O3. The summed E-state index contributed by atoms with van der Waals surface area (Å²) in [5.41, 5.74) is 0.836. The molecule has 0 N–H and O–H groups in total. The Morgan fingerprint density at radius 2 is 2.04 bits per heavy atom. The van der Waals surface area contributed by atoms with Gasteiger partial charge in [-0.2, -0.15) is 0 Å². The van der Waals surface area contributed by atoms with Gasteiger partial charge in [0.15, 0.2) is 0 Å². The molecule has 2 atom stereocenters. The van der Waals surface area contributed by atoms with E-state index in [1.165, 1.54) is 0 Å². The van der Waals surface area contributed by atoms with E-state index in [0.717, 1.165) is 25.1 Å². The third kappa shape index (κ3) is 3.30. The Morgan fingerprint density at radius 3 is 2.77 bits per heavy atom. The fraction of sp³-hybridized carbons (Fsp3) is 0.579. The Balaban J connectivity index is 1.34. The molecule has 26 heavy (non-hydrogen) atoms. The molecule has 3 aliphatic rings. The second kappa shape index (κ2) is 7.05. The van der Waals surface area contributed by atoms with Gasteiger partial charge in [0.25, 0.3) is 0 Å². The Bertz CT molecular complexity index is 708. The zero-order chi connectivity index (χ0) is 18.1. The maximum atomic E-state index is 12.9. The molecule has 7 nitrogen and oxygen atoms in total. The fourth-order valence-electron chi connectivity index (χ4n) is 4.29. The Morgan fingerprint density at radius 1 is 1.15 bits per heavy atom. The molecular weight excluding hydrogens is 332 g/mol. The van der Waals surface area contributed by atoms with Crippen molar-refractivity contribution in [2.75, 3.05) is 26.2 Å². The Labute approximate surface area is 153 Å². The number of likely N-dealkylation sites (tertiary alicyclic amines) is 3. The number of nitrogens with zero attached hydrogens (tertiary/aromatic N) is 4. The summed E-state index contributed by atoms with van der Waals surface area (Å²) in [6.07, 6.45) is 4.38. The summed E-state index contributed by atoms with van der Waals surface area (Å²) in [6, 6.07) is 5.78. The smallest absolute Gasteiger partial charge is 0.228 e. The van der Waals surface area contributed by atoms with Gasteiger partial charge < -0.3 is 14.7 Å². The number of hydrogen-bond acceptors (Lipinski definition) is 4. The number of carbonyl (C=O) groups excluding carboxylic acids is 3. The van der Waals surface area contributed by atoms with E-state index in [4.69, 9.17) is 0 Å². The van der Waals surface area contributed by atoms with Gasteiger partial charge in [0.2, 0.25) is 17.7 Å². The van der Waals surface area contributed by atoms with Gasteiger partial charge in [-0.05, 0) is 25.0 Å². The van der Waals surface area contributed by atoms with Crippen molar-refractivity contribution in [2.45, 2.75) is 38.3 Å². The number of pyridine rings is 1. The highest BCUT2D eigenvalue weighted by Gasteiger charge is 2.40. The summed E-state index contributed by atoms with van der Waals surface area (Å²) in [5.74, 6) is -0.00314. The van der Waals surface area contributed by atoms with Crippen LogP contribution in [-0.2, 0) is 20.9 Å². The predicted molar refractivity (Wildman–Crippen MR) is 93.7 cm³/mol. The first-order valence-corrected chi connectivity index (χ1v) is 9.38. The van der Waals surface area contributed by atoms with Crippen LogP contribution >= 0.6 is 0 Å². The molecule has 7 heteroatoms. The monoisotopic (exact) mass is 356 g/mol. The van der Waals surface area contributed by atoms with Gasteiger partial charge in [-0.3, -0.25) is 19.4 Å². The number of hydrogen-bond donors (Lipinski definition) is 0. The van der Waals surface area contributed by atoms with Crippen molar-refractivity contribution < 1.29 is 14.4 Å². The van der Waals surface area contributed by atoms with Crippen LogP contribution in [0.2, 0.25) is 0 Å². The van der Waals surface area contributed by atoms with E-state index in [1.54, 1.807) is 11.1 Å². The highest BCUT2D eigenvalue weighted by Crippen LogP contribution is 2.26. The Hall–Kier alpha value is -2.44. The van der Waals surface area contributed by atoms with E-state index in [2.05, 4.69) is 4.98 Å². The van der Waals surface area contributed by atoms with Gasteiger partial charge in [0.05, 0.1) is 24.2 Å². The van der Waals surface area contributed by atoms with Crippen LogP contribution in [0.25, 0.3) is 0 Å². The van der Waals surface area contributed by atoms with Crippen LogP contribution in [0.1, 0.15) is 31.4 Å². The van der Waals surface area contributed by atoms with Gasteiger partial charge >= 0.3 is 0 Å². The van der Waals surface area contributed by atoms with E-state index in [0.29, 0.717) is 32.6 Å². The molecule has 3 amide bonds. The van der Waals surface area contributed by atoms with Crippen molar-refractivity contribution in [3.8, 4) is 0 Å². The molecule has 0 saturated carbocycles. The van der Waals surface area contributed by atoms with E-state index >= 15 is 0 Å². The lowest BCUT2D eigenvalue weighted by Gasteiger charge is -2.25. The molecule has 3 saturated heterocycles. The first-order valence-electron chi connectivity index (χ1n) is 9.38. The average molecular weight is 356 g/mol. The molecule has 0 spiro atoms. The highest BCUT2D eigenvalue weighted by molar-refractivity contribution is 5.89. The zero-order valence-corrected chi connectivity index (χ0v) is 14.8. The normalized spacial score (nSPS) is 26.2. The number of rotatable bonds is 4. The lowest BCUT2D eigenvalue weighted by atomic mass is 10.1. The molecule has 1 aromatic heterocycles. The highest BCUT2D eigenvalue weighted by atomic mass is 16.2. The SMILES string of the molecule is O=C1C[C@@H](C(=O)N2CC[C@@H](N3CCCC3=O)C2)CN1Cc1ccccn1. The summed E-state index contributed by atoms with van der Waals surface area (Å²) < 4.78 is 0. The van der Waals surface area contributed by atoms with Crippen LogP contribution < -0.4 is 0 Å². The van der Waals surface area contributed by atoms with Crippen molar-refractivity contribution in [3.63, 3.8) is 0 Å². The second-order valence-electron chi connectivity index (χ2n) is 7.41. The average Bonchev–Trinajstić information content (AvgIpc) is 3.36. The second-order valence-corrected chi connectivity index (χ2v) is 7.41. The minimum absolute atomic E-state index is 0.0134. The minimum Gasteiger partial charge on any atom is -0.340 e. The van der Waals surface area contributed by atoms with Crippen LogP contribution in [0, 0.1) is 5.92 Å². The molecule has 138 valence electrons. The van der Waals surface area contributed by atoms with Gasteiger partial charge in [-0.1, -0.05) is 6.07 Å². The quantitative estimate of drug-likeness (QED) is 0.794. The summed E-state index contributed by atoms with van der Waals surface area (Å²) in [6.45, 7) is 3.01. The van der Waals surface area contributed by atoms with E-state index in [9.17, 15) is 14.4 Å². The van der Waals surface area contributed by atoms with Crippen LogP contribution in [0.15, 0.2) is 24.4 Å². The number of amides is 3. The topological polar surface area (TPSA) is 73.8 Å². The molecule has 0 radical (unpaired) electrons. The zero-order valence-electron chi connectivity index (χ0n) is 14.8. The van der Waals surface area contributed by atoms with Gasteiger partial charge in [-0.15, -0.1) is 0 Å². The molecule has 0 unspecified atom stereocenters. The van der Waals surface area contributed by atoms with E-state index in [-0.39, 0.29) is 36.1 Å². The third-order valence-electron chi connectivity index (χ3n) is 5.67. The number of aromatic nitrogens is 1. The lowest BCUT2D eigenvalue weighted by molar-refractivity contribution is -0.136. The summed E-state index contributed by atoms with van der Waals surface area (Å²) in [5, 5.41) is 0. The molecule has 0 aromatic carbocycles. The molecule has 0 bridgehead atoms. The molecule has 1 aromatic rings. The summed E-state index contributed by atoms with van der Waals surface area (Å²) in [7, 11) is 0. The maximum Gasteiger partial charge on any atom is 0.228 e. The van der Waals surface area contributed by atoms with Gasteiger partial charge in [-0.25, -0.2) is 0 Å². The van der Waals surface area contributed by atoms with Gasteiger partial charge in [0, 0.05) is 45.2 Å². The van der Waals surface area contributed by atoms with E-state index in [1.807, 2.05) is 28.0 Å². The molecule has 4 rings (SSSR count). The maximum absolute atomic E-state index is 12.9. The molecule has 4 heterocycles. The van der Waals surface area contributed by atoms with Crippen molar-refractivity contribution in [1.82, 2.24) is 19.7 Å². The molecule has 3 aliphatic heterocycles. The predicted octanol–water partition coefficient (Wildman–Crippen LogP) is 0.653. The van der Waals surface area contributed by atoms with Crippen LogP contribution in [0.3, 0.4) is 0 Å². The minimum atomic E-state index is -0.278. The Kier molecular flexibility index (Phi) is 4.61. The summed E-state index contributed by atoms with van der Waals surface area (Å²) in [4.78, 5) is 46.8. The van der Waals surface area contributed by atoms with Crippen molar-refractivity contribution >= 4 is 17.7 Å². The van der Waals surface area contributed by atoms with E-state index < -0.39 is 0 Å². The van der Waals surface area contributed by atoms with Crippen molar-refractivity contribution in [1.29, 1.82) is 0 Å². The fourth-order valence-corrected chi connectivity index (χ4v) is 4.29.